The lowest BCUT2D eigenvalue weighted by Crippen LogP contribution is -1.98. The molecule has 0 aliphatic carbocycles. The monoisotopic (exact) mass is 251 g/mol. The molecule has 0 fully saturated rings. The van der Waals surface area contributed by atoms with E-state index in [-0.39, 0.29) is 0 Å². The third-order valence-electron chi connectivity index (χ3n) is 3.15. The van der Waals surface area contributed by atoms with Gasteiger partial charge in [-0.1, -0.05) is 42.0 Å². The summed E-state index contributed by atoms with van der Waals surface area (Å²) in [5.74, 6) is 0. The van der Waals surface area contributed by atoms with E-state index >= 15 is 0 Å². The summed E-state index contributed by atoms with van der Waals surface area (Å²) < 4.78 is 5.72. The maximum absolute atomic E-state index is 9.00. The van der Waals surface area contributed by atoms with Gasteiger partial charge in [-0.25, -0.2) is 0 Å². The lowest BCUT2D eigenvalue weighted by Gasteiger charge is -2.09. The molecule has 0 aliphatic heterocycles. The second kappa shape index (κ2) is 6.17. The van der Waals surface area contributed by atoms with E-state index in [1.54, 1.807) is 0 Å². The van der Waals surface area contributed by atoms with Crippen LogP contribution in [0.2, 0.25) is 0 Å². The molecule has 0 unspecified atom stereocenters. The van der Waals surface area contributed by atoms with E-state index < -0.39 is 0 Å². The van der Waals surface area contributed by atoms with Crippen molar-refractivity contribution in [2.45, 2.75) is 27.1 Å². The fourth-order valence-corrected chi connectivity index (χ4v) is 2.03. The summed E-state index contributed by atoms with van der Waals surface area (Å²) in [4.78, 5) is 0. The summed E-state index contributed by atoms with van der Waals surface area (Å²) >= 11 is 0. The van der Waals surface area contributed by atoms with Crippen LogP contribution in [-0.4, -0.2) is 0 Å². The molecule has 0 aromatic heterocycles. The average molecular weight is 251 g/mol. The maximum atomic E-state index is 9.00. The molecule has 0 atom stereocenters. The molecule has 2 aromatic carbocycles. The summed E-state index contributed by atoms with van der Waals surface area (Å²) in [5.41, 5.74) is 5.32. The fraction of sp³-hybridized carbons (Fsp3) is 0.235. The van der Waals surface area contributed by atoms with Crippen molar-refractivity contribution in [1.82, 2.24) is 0 Å². The number of aryl methyl sites for hydroxylation is 2. The summed E-state index contributed by atoms with van der Waals surface area (Å²) in [5, 5.41) is 9.00. The van der Waals surface area contributed by atoms with Gasteiger partial charge in [-0.3, -0.25) is 0 Å². The van der Waals surface area contributed by atoms with Crippen LogP contribution in [0.1, 0.15) is 27.8 Å². The van der Waals surface area contributed by atoms with Gasteiger partial charge in [0.2, 0.25) is 0 Å². The van der Waals surface area contributed by atoms with E-state index in [9.17, 15) is 0 Å². The highest BCUT2D eigenvalue weighted by molar-refractivity contribution is 5.36. The Hall–Kier alpha value is -2.11. The first kappa shape index (κ1) is 13.3. The number of hydrogen-bond donors (Lipinski definition) is 0. The molecule has 2 heteroatoms. The molecule has 0 aliphatic rings. The van der Waals surface area contributed by atoms with Crippen molar-refractivity contribution >= 4 is 0 Å². The maximum Gasteiger partial charge on any atom is 0.0995 e. The predicted molar refractivity (Wildman–Crippen MR) is 75.6 cm³/mol. The zero-order chi connectivity index (χ0) is 13.7. The second-order valence-corrected chi connectivity index (χ2v) is 4.69. The number of rotatable bonds is 4. The normalized spacial score (nSPS) is 10.2. The number of nitriles is 1. The molecule has 2 nitrogen and oxygen atoms in total. The van der Waals surface area contributed by atoms with Gasteiger partial charge in [-0.05, 0) is 36.6 Å². The third kappa shape index (κ3) is 3.43. The number of nitrogens with zero attached hydrogens (tertiary/aromatic N) is 1. The Kier molecular flexibility index (Phi) is 4.33. The molecule has 0 saturated heterocycles. The molecular formula is C17H17NO. The molecule has 0 bridgehead atoms. The minimum atomic E-state index is 0.469. The SMILES string of the molecule is Cc1ccc(COCc2ccccc2C#N)c(C)c1. The largest absolute Gasteiger partial charge is 0.372 e. The van der Waals surface area contributed by atoms with Crippen molar-refractivity contribution in [1.29, 1.82) is 5.26 Å². The van der Waals surface area contributed by atoms with Crippen LogP contribution in [0.3, 0.4) is 0 Å². The first-order valence-corrected chi connectivity index (χ1v) is 6.32. The average Bonchev–Trinajstić information content (AvgIpc) is 2.42. The highest BCUT2D eigenvalue weighted by atomic mass is 16.5. The summed E-state index contributed by atoms with van der Waals surface area (Å²) in [7, 11) is 0. The van der Waals surface area contributed by atoms with Gasteiger partial charge in [-0.2, -0.15) is 5.26 Å². The first-order valence-electron chi connectivity index (χ1n) is 6.32. The Bertz CT molecular complexity index is 611. The lowest BCUT2D eigenvalue weighted by molar-refractivity contribution is 0.106. The van der Waals surface area contributed by atoms with Crippen molar-refractivity contribution in [2.75, 3.05) is 0 Å². The minimum absolute atomic E-state index is 0.469. The highest BCUT2D eigenvalue weighted by Crippen LogP contribution is 2.14. The van der Waals surface area contributed by atoms with Gasteiger partial charge in [0.25, 0.3) is 0 Å². The van der Waals surface area contributed by atoms with Crippen molar-refractivity contribution in [2.24, 2.45) is 0 Å². The van der Waals surface area contributed by atoms with Crippen molar-refractivity contribution in [3.05, 3.63) is 70.3 Å². The number of benzene rings is 2. The van der Waals surface area contributed by atoms with Crippen molar-refractivity contribution in [3.63, 3.8) is 0 Å². The van der Waals surface area contributed by atoms with Crippen LogP contribution in [-0.2, 0) is 18.0 Å². The molecular weight excluding hydrogens is 234 g/mol. The molecule has 0 radical (unpaired) electrons. The standard InChI is InChI=1S/C17H17NO/c1-13-7-8-16(14(2)9-13)11-19-12-17-6-4-3-5-15(17)10-18/h3-9H,11-12H2,1-2H3. The van der Waals surface area contributed by atoms with Gasteiger partial charge >= 0.3 is 0 Å². The smallest absolute Gasteiger partial charge is 0.0995 e. The van der Waals surface area contributed by atoms with E-state index in [4.69, 9.17) is 10.00 Å². The van der Waals surface area contributed by atoms with Crippen LogP contribution in [0.15, 0.2) is 42.5 Å². The molecule has 2 rings (SSSR count). The quantitative estimate of drug-likeness (QED) is 0.825. The van der Waals surface area contributed by atoms with Crippen LogP contribution >= 0.6 is 0 Å². The molecule has 96 valence electrons. The van der Waals surface area contributed by atoms with Crippen molar-refractivity contribution < 1.29 is 4.74 Å². The van der Waals surface area contributed by atoms with E-state index in [0.29, 0.717) is 18.8 Å². The summed E-state index contributed by atoms with van der Waals surface area (Å²) in [6.45, 7) is 5.22. The third-order valence-corrected chi connectivity index (χ3v) is 3.15. The zero-order valence-corrected chi connectivity index (χ0v) is 11.3. The topological polar surface area (TPSA) is 33.0 Å². The zero-order valence-electron chi connectivity index (χ0n) is 11.3. The Labute approximate surface area is 114 Å². The van der Waals surface area contributed by atoms with Crippen LogP contribution in [0, 0.1) is 25.2 Å². The van der Waals surface area contributed by atoms with Gasteiger partial charge in [0.05, 0.1) is 24.8 Å². The summed E-state index contributed by atoms with van der Waals surface area (Å²) in [6, 6.07) is 16.1. The van der Waals surface area contributed by atoms with Crippen molar-refractivity contribution in [3.8, 4) is 6.07 Å². The Balaban J connectivity index is 1.99. The van der Waals surface area contributed by atoms with Gasteiger partial charge in [0.15, 0.2) is 0 Å². The second-order valence-electron chi connectivity index (χ2n) is 4.69. The van der Waals surface area contributed by atoms with Gasteiger partial charge in [0, 0.05) is 0 Å². The van der Waals surface area contributed by atoms with Crippen LogP contribution in [0.5, 0.6) is 0 Å². The Morgan fingerprint density at radius 3 is 2.47 bits per heavy atom. The molecule has 0 spiro atoms. The summed E-state index contributed by atoms with van der Waals surface area (Å²) in [6.07, 6.45) is 0. The molecule has 0 N–H and O–H groups in total. The molecule has 0 amide bonds. The number of hydrogen-bond acceptors (Lipinski definition) is 2. The predicted octanol–water partition coefficient (Wildman–Crippen LogP) is 3.89. The van der Waals surface area contributed by atoms with E-state index in [1.807, 2.05) is 24.3 Å². The molecule has 0 saturated carbocycles. The molecule has 19 heavy (non-hydrogen) atoms. The van der Waals surface area contributed by atoms with E-state index in [1.165, 1.54) is 16.7 Å². The fourth-order valence-electron chi connectivity index (χ4n) is 2.03. The van der Waals surface area contributed by atoms with Crippen LogP contribution in [0.4, 0.5) is 0 Å². The van der Waals surface area contributed by atoms with Gasteiger partial charge in [0.1, 0.15) is 0 Å². The van der Waals surface area contributed by atoms with E-state index in [2.05, 4.69) is 38.1 Å². The lowest BCUT2D eigenvalue weighted by atomic mass is 10.1. The minimum Gasteiger partial charge on any atom is -0.372 e. The number of ether oxygens (including phenoxy) is 1. The highest BCUT2D eigenvalue weighted by Gasteiger charge is 2.02. The molecule has 2 aromatic rings. The van der Waals surface area contributed by atoms with E-state index in [0.717, 1.165) is 5.56 Å². The first-order chi connectivity index (χ1) is 9.20. The molecule has 0 heterocycles. The van der Waals surface area contributed by atoms with Gasteiger partial charge in [-0.15, -0.1) is 0 Å². The Morgan fingerprint density at radius 1 is 1.00 bits per heavy atom. The van der Waals surface area contributed by atoms with Crippen LogP contribution in [0.25, 0.3) is 0 Å². The van der Waals surface area contributed by atoms with Crippen LogP contribution < -0.4 is 0 Å². The Morgan fingerprint density at radius 2 is 1.74 bits per heavy atom. The van der Waals surface area contributed by atoms with Gasteiger partial charge < -0.3 is 4.74 Å².